The number of aromatic nitrogens is 1. The van der Waals surface area contributed by atoms with Gasteiger partial charge in [-0.05, 0) is 59.9 Å². The highest BCUT2D eigenvalue weighted by atomic mass is 16.5. The summed E-state index contributed by atoms with van der Waals surface area (Å²) in [5.74, 6) is -0.478. The van der Waals surface area contributed by atoms with Gasteiger partial charge in [0.2, 0.25) is 0 Å². The predicted molar refractivity (Wildman–Crippen MR) is 136 cm³/mol. The number of esters is 1. The Kier molecular flexibility index (Phi) is 7.19. The van der Waals surface area contributed by atoms with Crippen molar-refractivity contribution >= 4 is 29.1 Å². The van der Waals surface area contributed by atoms with Crippen LogP contribution in [0.4, 0.5) is 21.9 Å². The van der Waals surface area contributed by atoms with Crippen LogP contribution >= 0.6 is 0 Å². The number of fused-ring (bicyclic) bond motifs is 1. The van der Waals surface area contributed by atoms with Crippen LogP contribution in [-0.4, -0.2) is 54.3 Å². The summed E-state index contributed by atoms with van der Waals surface area (Å²) in [6, 6.07) is 15.8. The van der Waals surface area contributed by atoms with Gasteiger partial charge in [0.15, 0.2) is 0 Å². The Morgan fingerprint density at radius 1 is 1.17 bits per heavy atom. The monoisotopic (exact) mass is 474 g/mol. The number of amides is 1. The molecule has 2 N–H and O–H groups in total. The minimum Gasteiger partial charge on any atom is -0.465 e. The molecule has 8 nitrogen and oxygen atoms in total. The van der Waals surface area contributed by atoms with E-state index in [9.17, 15) is 14.7 Å². The number of pyridine rings is 1. The number of hydrogen-bond acceptors (Lipinski definition) is 6. The van der Waals surface area contributed by atoms with E-state index in [4.69, 9.17) is 4.74 Å². The molecule has 2 heterocycles. The summed E-state index contributed by atoms with van der Waals surface area (Å²) >= 11 is 0. The fraction of sp³-hybridized carbons (Fsp3) is 0.296. The summed E-state index contributed by atoms with van der Waals surface area (Å²) in [5.41, 5.74) is 6.35. The van der Waals surface area contributed by atoms with Gasteiger partial charge in [-0.1, -0.05) is 25.1 Å². The van der Waals surface area contributed by atoms with E-state index in [0.29, 0.717) is 30.8 Å². The van der Waals surface area contributed by atoms with Gasteiger partial charge in [0.05, 0.1) is 30.6 Å². The Morgan fingerprint density at radius 3 is 2.60 bits per heavy atom. The third-order valence-corrected chi connectivity index (χ3v) is 6.56. The molecule has 0 fully saturated rings. The number of anilines is 3. The number of carbonyl (C=O) groups is 2. The Hall–Kier alpha value is -4.07. The molecule has 0 radical (unpaired) electrons. The van der Waals surface area contributed by atoms with Gasteiger partial charge in [-0.15, -0.1) is 0 Å². The second-order valence-corrected chi connectivity index (χ2v) is 8.50. The number of aryl methyl sites for hydroxylation is 1. The van der Waals surface area contributed by atoms with Crippen LogP contribution in [0.2, 0.25) is 0 Å². The number of hydrogen-bond donors (Lipinski definition) is 2. The van der Waals surface area contributed by atoms with E-state index in [1.807, 2.05) is 19.2 Å². The second kappa shape index (κ2) is 10.5. The maximum absolute atomic E-state index is 12.1. The summed E-state index contributed by atoms with van der Waals surface area (Å²) in [6.45, 7) is 2.82. The quantitative estimate of drug-likeness (QED) is 0.471. The van der Waals surface area contributed by atoms with Crippen molar-refractivity contribution in [2.75, 3.05) is 37.5 Å². The number of methoxy groups -OCH3 is 1. The first-order valence-corrected chi connectivity index (χ1v) is 11.6. The van der Waals surface area contributed by atoms with E-state index in [2.05, 4.69) is 52.5 Å². The highest BCUT2D eigenvalue weighted by Gasteiger charge is 2.31. The van der Waals surface area contributed by atoms with Crippen LogP contribution in [0.1, 0.15) is 40.0 Å². The molecule has 35 heavy (non-hydrogen) atoms. The van der Waals surface area contributed by atoms with E-state index in [1.54, 1.807) is 12.3 Å². The number of nitrogens with zero attached hydrogens (tertiary/aromatic N) is 3. The Balaban J connectivity index is 1.60. The smallest absolute Gasteiger partial charge is 0.407 e. The molecular formula is C27H30N4O4. The Labute approximate surface area is 205 Å². The Bertz CT molecular complexity index is 1210. The lowest BCUT2D eigenvalue weighted by molar-refractivity contribution is 0.0601. The predicted octanol–water partition coefficient (Wildman–Crippen LogP) is 4.89. The average Bonchev–Trinajstić information content (AvgIpc) is 2.90. The van der Waals surface area contributed by atoms with Crippen LogP contribution < -0.4 is 10.2 Å². The molecule has 1 aliphatic rings. The molecule has 0 saturated heterocycles. The lowest BCUT2D eigenvalue weighted by atomic mass is 9.91. The first-order valence-electron chi connectivity index (χ1n) is 11.6. The lowest BCUT2D eigenvalue weighted by Crippen LogP contribution is -2.42. The molecule has 8 heteroatoms. The van der Waals surface area contributed by atoms with Gasteiger partial charge in [-0.25, -0.2) is 9.59 Å². The molecule has 3 aromatic rings. The number of carboxylic acid groups (broad SMARTS) is 1. The first-order chi connectivity index (χ1) is 16.9. The lowest BCUT2D eigenvalue weighted by Gasteiger charge is -2.36. The van der Waals surface area contributed by atoms with Crippen molar-refractivity contribution in [3.63, 3.8) is 0 Å². The molecule has 0 unspecified atom stereocenters. The second-order valence-electron chi connectivity index (χ2n) is 8.50. The van der Waals surface area contributed by atoms with Gasteiger partial charge < -0.3 is 20.1 Å². The zero-order valence-electron chi connectivity index (χ0n) is 20.2. The van der Waals surface area contributed by atoms with E-state index in [1.165, 1.54) is 23.8 Å². The number of nitrogens with one attached hydrogen (secondary N) is 1. The molecule has 0 aliphatic carbocycles. The van der Waals surface area contributed by atoms with Gasteiger partial charge in [-0.2, -0.15) is 0 Å². The summed E-state index contributed by atoms with van der Waals surface area (Å²) in [6.07, 6.45) is 3.72. The number of ether oxygens (including phenoxy) is 1. The van der Waals surface area contributed by atoms with Gasteiger partial charge in [0, 0.05) is 37.7 Å². The van der Waals surface area contributed by atoms with Crippen LogP contribution in [0.25, 0.3) is 0 Å². The Morgan fingerprint density at radius 2 is 1.91 bits per heavy atom. The molecule has 0 bridgehead atoms. The molecule has 1 aromatic heterocycles. The molecule has 1 amide bonds. The molecule has 1 aliphatic heterocycles. The van der Waals surface area contributed by atoms with E-state index in [-0.39, 0.29) is 0 Å². The summed E-state index contributed by atoms with van der Waals surface area (Å²) in [7, 11) is 3.35. The van der Waals surface area contributed by atoms with Crippen LogP contribution in [0.5, 0.6) is 0 Å². The number of carbonyl (C=O) groups excluding carboxylic acids is 1. The van der Waals surface area contributed by atoms with Crippen LogP contribution in [0.15, 0.2) is 60.9 Å². The molecule has 2 aromatic carbocycles. The molecule has 4 rings (SSSR count). The highest BCUT2D eigenvalue weighted by Crippen LogP contribution is 2.34. The molecule has 0 saturated carbocycles. The SMILES string of the molecule is CCc1ccc(N(C)c2ccc3c(c2)CCN(C(=O)O)[C@@H]3CNc2cnccc2C(=O)OC)cc1. The van der Waals surface area contributed by atoms with Crippen molar-refractivity contribution in [2.45, 2.75) is 25.8 Å². The normalized spacial score (nSPS) is 14.7. The first kappa shape index (κ1) is 24.1. The van der Waals surface area contributed by atoms with Gasteiger partial charge in [0.1, 0.15) is 0 Å². The number of benzene rings is 2. The standard InChI is InChI=1S/C27H30N4O4/c1-4-18-5-7-20(8-6-18)30(2)21-9-10-22-19(15-21)12-14-31(27(33)34)25(22)17-29-24-16-28-13-11-23(24)26(32)35-3/h5-11,13,15-16,25,29H,4,12,14,17H2,1-3H3,(H,33,34)/t25-/m1/s1. The fourth-order valence-corrected chi connectivity index (χ4v) is 4.49. The largest absolute Gasteiger partial charge is 0.465 e. The van der Waals surface area contributed by atoms with Gasteiger partial charge >= 0.3 is 12.1 Å². The topological polar surface area (TPSA) is 95.0 Å². The summed E-state index contributed by atoms with van der Waals surface area (Å²) < 4.78 is 4.85. The third kappa shape index (κ3) is 5.06. The van der Waals surface area contributed by atoms with E-state index >= 15 is 0 Å². The molecule has 0 spiro atoms. The zero-order chi connectivity index (χ0) is 24.9. The van der Waals surface area contributed by atoms with Crippen LogP contribution in [0.3, 0.4) is 0 Å². The summed E-state index contributed by atoms with van der Waals surface area (Å²) in [4.78, 5) is 31.8. The fourth-order valence-electron chi connectivity index (χ4n) is 4.49. The summed E-state index contributed by atoms with van der Waals surface area (Å²) in [5, 5.41) is 13.1. The van der Waals surface area contributed by atoms with Crippen LogP contribution in [-0.2, 0) is 17.6 Å². The molecule has 182 valence electrons. The third-order valence-electron chi connectivity index (χ3n) is 6.56. The van der Waals surface area contributed by atoms with Crippen molar-refractivity contribution < 1.29 is 19.4 Å². The van der Waals surface area contributed by atoms with Crippen molar-refractivity contribution in [3.05, 3.63) is 83.2 Å². The minimum absolute atomic E-state index is 0.294. The maximum atomic E-state index is 12.1. The van der Waals surface area contributed by atoms with Crippen molar-refractivity contribution in [3.8, 4) is 0 Å². The minimum atomic E-state index is -0.973. The van der Waals surface area contributed by atoms with Crippen molar-refractivity contribution in [2.24, 2.45) is 0 Å². The highest BCUT2D eigenvalue weighted by molar-refractivity contribution is 5.95. The number of rotatable bonds is 7. The van der Waals surface area contributed by atoms with Crippen molar-refractivity contribution in [1.29, 1.82) is 0 Å². The van der Waals surface area contributed by atoms with Crippen LogP contribution in [0, 0.1) is 0 Å². The van der Waals surface area contributed by atoms with Gasteiger partial charge in [0.25, 0.3) is 0 Å². The maximum Gasteiger partial charge on any atom is 0.407 e. The molecular weight excluding hydrogens is 444 g/mol. The zero-order valence-corrected chi connectivity index (χ0v) is 20.2. The van der Waals surface area contributed by atoms with E-state index in [0.717, 1.165) is 28.9 Å². The van der Waals surface area contributed by atoms with Crippen molar-refractivity contribution in [1.82, 2.24) is 9.88 Å². The average molecular weight is 475 g/mol. The van der Waals surface area contributed by atoms with E-state index < -0.39 is 18.1 Å². The van der Waals surface area contributed by atoms with Gasteiger partial charge in [-0.3, -0.25) is 9.88 Å². The molecule has 1 atom stereocenters.